The van der Waals surface area contributed by atoms with E-state index in [0.29, 0.717) is 6.54 Å². The molecule has 1 saturated heterocycles. The van der Waals surface area contributed by atoms with Gasteiger partial charge in [-0.1, -0.05) is 12.8 Å². The Morgan fingerprint density at radius 3 is 2.36 bits per heavy atom. The van der Waals surface area contributed by atoms with E-state index in [0.717, 1.165) is 51.2 Å². The number of carbonyl (C=O) groups excluding carboxylic acids is 1. The maximum absolute atomic E-state index is 12.7. The molecular weight excluding hydrogens is 352 g/mol. The van der Waals surface area contributed by atoms with Gasteiger partial charge in [0.2, 0.25) is 5.91 Å². The first-order valence-electron chi connectivity index (χ1n) is 11.1. The van der Waals surface area contributed by atoms with Gasteiger partial charge in [0.1, 0.15) is 0 Å². The first-order valence-corrected chi connectivity index (χ1v) is 11.1. The molecule has 7 heteroatoms. The van der Waals surface area contributed by atoms with Crippen LogP contribution >= 0.6 is 0 Å². The largest absolute Gasteiger partial charge is 0.357 e. The third-order valence-corrected chi connectivity index (χ3v) is 6.09. The van der Waals surface area contributed by atoms with Crippen molar-refractivity contribution < 1.29 is 4.79 Å². The number of rotatable bonds is 9. The van der Waals surface area contributed by atoms with Crippen LogP contribution in [0.25, 0.3) is 0 Å². The first kappa shape index (κ1) is 22.9. The number of piperazine rings is 1. The molecule has 1 aliphatic heterocycles. The average Bonchev–Trinajstić information content (AvgIpc) is 3.16. The summed E-state index contributed by atoms with van der Waals surface area (Å²) in [6.45, 7) is 10.4. The molecule has 0 radical (unpaired) electrons. The summed E-state index contributed by atoms with van der Waals surface area (Å²) in [5.41, 5.74) is -0.298. The lowest BCUT2D eigenvalue weighted by molar-refractivity contribution is -0.138. The molecule has 7 nitrogen and oxygen atoms in total. The zero-order chi connectivity index (χ0) is 20.4. The van der Waals surface area contributed by atoms with Gasteiger partial charge in [0, 0.05) is 53.4 Å². The van der Waals surface area contributed by atoms with Gasteiger partial charge >= 0.3 is 0 Å². The Morgan fingerprint density at radius 1 is 1.07 bits per heavy atom. The second-order valence-corrected chi connectivity index (χ2v) is 8.66. The van der Waals surface area contributed by atoms with Crippen LogP contribution in [-0.4, -0.2) is 100 Å². The second kappa shape index (κ2) is 11.6. The van der Waals surface area contributed by atoms with Gasteiger partial charge in [-0.25, -0.2) is 0 Å². The van der Waals surface area contributed by atoms with Crippen molar-refractivity contribution in [1.82, 2.24) is 25.3 Å². The van der Waals surface area contributed by atoms with Crippen molar-refractivity contribution in [2.24, 2.45) is 10.4 Å². The van der Waals surface area contributed by atoms with Gasteiger partial charge in [-0.15, -0.1) is 0 Å². The number of guanidine groups is 1. The summed E-state index contributed by atoms with van der Waals surface area (Å²) >= 11 is 0. The summed E-state index contributed by atoms with van der Waals surface area (Å²) in [5.74, 6) is 1.08. The lowest BCUT2D eigenvalue weighted by Gasteiger charge is -2.32. The first-order chi connectivity index (χ1) is 13.5. The Kier molecular flexibility index (Phi) is 9.51. The van der Waals surface area contributed by atoms with Crippen molar-refractivity contribution in [3.05, 3.63) is 0 Å². The van der Waals surface area contributed by atoms with Gasteiger partial charge < -0.3 is 25.3 Å². The maximum atomic E-state index is 12.7. The fourth-order valence-electron chi connectivity index (χ4n) is 4.28. The van der Waals surface area contributed by atoms with Crippen LogP contribution in [0.2, 0.25) is 0 Å². The maximum Gasteiger partial charge on any atom is 0.230 e. The standard InChI is InChI=1S/C21H42N6O/c1-5-22-20(23-12-8-9-13-27-16-14-26(4)15-17-27)24-18-21(10-6-7-11-21)19(28)25(2)3/h5-18H2,1-4H3,(H2,22,23,24). The molecule has 0 aromatic heterocycles. The van der Waals surface area contributed by atoms with E-state index in [1.54, 1.807) is 4.90 Å². The Bertz CT molecular complexity index is 493. The van der Waals surface area contributed by atoms with Crippen LogP contribution in [0, 0.1) is 5.41 Å². The van der Waals surface area contributed by atoms with Crippen molar-refractivity contribution in [2.75, 3.05) is 73.5 Å². The number of aliphatic imine (C=N–C) groups is 1. The molecule has 2 N–H and O–H groups in total. The van der Waals surface area contributed by atoms with Crippen molar-refractivity contribution >= 4 is 11.9 Å². The monoisotopic (exact) mass is 394 g/mol. The van der Waals surface area contributed by atoms with E-state index in [2.05, 4.69) is 34.4 Å². The van der Waals surface area contributed by atoms with Crippen molar-refractivity contribution in [2.45, 2.75) is 45.4 Å². The topological polar surface area (TPSA) is 63.2 Å². The summed E-state index contributed by atoms with van der Waals surface area (Å²) in [4.78, 5) is 24.2. The molecule has 0 unspecified atom stereocenters. The van der Waals surface area contributed by atoms with Crippen LogP contribution in [0.4, 0.5) is 0 Å². The van der Waals surface area contributed by atoms with E-state index in [9.17, 15) is 4.79 Å². The third kappa shape index (κ3) is 6.92. The van der Waals surface area contributed by atoms with E-state index in [-0.39, 0.29) is 11.3 Å². The molecule has 2 aliphatic rings. The minimum absolute atomic E-state index is 0.233. The summed E-state index contributed by atoms with van der Waals surface area (Å²) in [7, 11) is 5.91. The fraction of sp³-hybridized carbons (Fsp3) is 0.905. The van der Waals surface area contributed by atoms with Crippen molar-refractivity contribution in [3.8, 4) is 0 Å². The Hall–Kier alpha value is -1.34. The fourth-order valence-corrected chi connectivity index (χ4v) is 4.28. The molecule has 2 fully saturated rings. The van der Waals surface area contributed by atoms with Crippen molar-refractivity contribution in [3.63, 3.8) is 0 Å². The highest BCUT2D eigenvalue weighted by atomic mass is 16.2. The molecule has 0 spiro atoms. The lowest BCUT2D eigenvalue weighted by atomic mass is 9.85. The molecule has 0 aromatic carbocycles. The summed E-state index contributed by atoms with van der Waals surface area (Å²) < 4.78 is 0. The molecule has 1 amide bonds. The molecule has 1 saturated carbocycles. The number of carbonyl (C=O) groups is 1. The highest BCUT2D eigenvalue weighted by molar-refractivity contribution is 5.84. The van der Waals surface area contributed by atoms with Gasteiger partial charge in [0.25, 0.3) is 0 Å². The van der Waals surface area contributed by atoms with E-state index < -0.39 is 0 Å². The quantitative estimate of drug-likeness (QED) is 0.350. The zero-order valence-electron chi connectivity index (χ0n) is 18.6. The average molecular weight is 395 g/mol. The molecular formula is C21H42N6O. The number of likely N-dealkylation sites (N-methyl/N-ethyl adjacent to an activating group) is 1. The number of unbranched alkanes of at least 4 members (excludes halogenated alkanes) is 1. The second-order valence-electron chi connectivity index (χ2n) is 8.66. The Balaban J connectivity index is 1.76. The molecule has 0 aromatic rings. The molecule has 0 atom stereocenters. The van der Waals surface area contributed by atoms with Gasteiger partial charge in [-0.2, -0.15) is 0 Å². The summed E-state index contributed by atoms with van der Waals surface area (Å²) in [5, 5.41) is 6.80. The smallest absolute Gasteiger partial charge is 0.230 e. The molecule has 162 valence electrons. The highest BCUT2D eigenvalue weighted by Gasteiger charge is 2.42. The van der Waals surface area contributed by atoms with Crippen LogP contribution in [0.5, 0.6) is 0 Å². The summed E-state index contributed by atoms with van der Waals surface area (Å²) in [6.07, 6.45) is 6.52. The number of hydrogen-bond acceptors (Lipinski definition) is 4. The van der Waals surface area contributed by atoms with Gasteiger partial charge in [0.15, 0.2) is 5.96 Å². The lowest BCUT2D eigenvalue weighted by Crippen LogP contribution is -2.45. The van der Waals surface area contributed by atoms with E-state index in [1.807, 2.05) is 14.1 Å². The number of hydrogen-bond donors (Lipinski definition) is 2. The highest BCUT2D eigenvalue weighted by Crippen LogP contribution is 2.39. The van der Waals surface area contributed by atoms with Crippen molar-refractivity contribution in [1.29, 1.82) is 0 Å². The van der Waals surface area contributed by atoms with E-state index in [1.165, 1.54) is 39.1 Å². The van der Waals surface area contributed by atoms with Gasteiger partial charge in [0.05, 0.1) is 12.0 Å². The normalized spacial score (nSPS) is 20.9. The van der Waals surface area contributed by atoms with Gasteiger partial charge in [-0.3, -0.25) is 9.79 Å². The molecule has 2 rings (SSSR count). The number of nitrogens with zero attached hydrogens (tertiary/aromatic N) is 4. The minimum atomic E-state index is -0.298. The Labute approximate surface area is 171 Å². The molecule has 1 aliphatic carbocycles. The summed E-state index contributed by atoms with van der Waals surface area (Å²) in [6, 6.07) is 0. The Morgan fingerprint density at radius 2 is 1.75 bits per heavy atom. The van der Waals surface area contributed by atoms with Crippen LogP contribution in [0.3, 0.4) is 0 Å². The van der Waals surface area contributed by atoms with E-state index >= 15 is 0 Å². The SMILES string of the molecule is CCNC(=NCC1(C(=O)N(C)C)CCCC1)NCCCCN1CCN(C)CC1. The molecule has 1 heterocycles. The van der Waals surface area contributed by atoms with Crippen LogP contribution < -0.4 is 10.6 Å². The zero-order valence-corrected chi connectivity index (χ0v) is 18.6. The minimum Gasteiger partial charge on any atom is -0.357 e. The predicted molar refractivity (Wildman–Crippen MR) is 117 cm³/mol. The number of nitrogens with one attached hydrogen (secondary N) is 2. The van der Waals surface area contributed by atoms with Gasteiger partial charge in [-0.05, 0) is 46.2 Å². The van der Waals surface area contributed by atoms with E-state index in [4.69, 9.17) is 4.99 Å². The van der Waals surface area contributed by atoms with Crippen LogP contribution in [-0.2, 0) is 4.79 Å². The molecule has 0 bridgehead atoms. The number of amides is 1. The van der Waals surface area contributed by atoms with Crippen LogP contribution in [0.1, 0.15) is 45.4 Å². The third-order valence-electron chi connectivity index (χ3n) is 6.09. The predicted octanol–water partition coefficient (Wildman–Crippen LogP) is 1.22. The van der Waals surface area contributed by atoms with Crippen LogP contribution in [0.15, 0.2) is 4.99 Å². The molecule has 28 heavy (non-hydrogen) atoms.